The molecular weight excluding hydrogens is 415 g/mol. The molecule has 0 saturated carbocycles. The number of oxazole rings is 1. The van der Waals surface area contributed by atoms with E-state index in [2.05, 4.69) is 21.9 Å². The SMILES string of the molecule is C=CC(F)=C(C=CNC(=O)Cc1nc(-c2ccccc2)oc1C)C1(C)CCSC(N)=N1. The number of aryl methyl sites for hydroxylation is 1. The summed E-state index contributed by atoms with van der Waals surface area (Å²) in [6.45, 7) is 7.08. The fourth-order valence-corrected chi connectivity index (χ4v) is 4.20. The Morgan fingerprint density at radius 1 is 1.42 bits per heavy atom. The Balaban J connectivity index is 1.70. The second kappa shape index (κ2) is 9.78. The number of rotatable bonds is 7. The molecule has 1 aromatic carbocycles. The van der Waals surface area contributed by atoms with Gasteiger partial charge in [-0.1, -0.05) is 36.5 Å². The minimum Gasteiger partial charge on any atom is -0.441 e. The van der Waals surface area contributed by atoms with Gasteiger partial charge in [0.25, 0.3) is 0 Å². The van der Waals surface area contributed by atoms with Gasteiger partial charge in [-0.05, 0) is 44.6 Å². The first-order valence-corrected chi connectivity index (χ1v) is 10.8. The molecule has 31 heavy (non-hydrogen) atoms. The van der Waals surface area contributed by atoms with Gasteiger partial charge in [-0.2, -0.15) is 0 Å². The number of halogens is 1. The summed E-state index contributed by atoms with van der Waals surface area (Å²) in [5.74, 6) is 0.977. The van der Waals surface area contributed by atoms with Gasteiger partial charge in [-0.15, -0.1) is 0 Å². The number of hydrogen-bond acceptors (Lipinski definition) is 6. The Morgan fingerprint density at radius 3 is 2.84 bits per heavy atom. The number of nitrogens with zero attached hydrogens (tertiary/aromatic N) is 2. The highest BCUT2D eigenvalue weighted by Crippen LogP contribution is 2.35. The molecule has 1 unspecified atom stereocenters. The largest absolute Gasteiger partial charge is 0.441 e. The number of benzene rings is 1. The topological polar surface area (TPSA) is 93.5 Å². The lowest BCUT2D eigenvalue weighted by Crippen LogP contribution is -2.33. The lowest BCUT2D eigenvalue weighted by atomic mass is 9.88. The van der Waals surface area contributed by atoms with Crippen molar-refractivity contribution in [1.82, 2.24) is 10.3 Å². The Hall–Kier alpha value is -3.13. The molecule has 2 heterocycles. The van der Waals surface area contributed by atoms with Gasteiger partial charge in [0.1, 0.15) is 11.6 Å². The summed E-state index contributed by atoms with van der Waals surface area (Å²) in [5, 5.41) is 3.08. The fraction of sp³-hybridized carbons (Fsp3) is 0.261. The van der Waals surface area contributed by atoms with Gasteiger partial charge < -0.3 is 15.5 Å². The van der Waals surface area contributed by atoms with Crippen molar-refractivity contribution < 1.29 is 13.6 Å². The monoisotopic (exact) mass is 440 g/mol. The van der Waals surface area contributed by atoms with Crippen molar-refractivity contribution in [2.45, 2.75) is 32.2 Å². The summed E-state index contributed by atoms with van der Waals surface area (Å²) in [4.78, 5) is 21.3. The minimum atomic E-state index is -0.817. The molecular formula is C23H25FN4O2S. The van der Waals surface area contributed by atoms with Crippen LogP contribution in [0.2, 0.25) is 0 Å². The van der Waals surface area contributed by atoms with E-state index in [1.54, 1.807) is 6.92 Å². The standard InChI is InChI=1S/C23H25FN4O2S/c1-4-18(24)17(23(3)11-13-31-22(25)28-23)10-12-26-20(29)14-19-15(2)30-21(27-19)16-8-6-5-7-9-16/h4-10,12H,1,11,13-14H2,2-3H3,(H2,25,28)(H,26,29). The summed E-state index contributed by atoms with van der Waals surface area (Å²) < 4.78 is 20.2. The molecule has 8 heteroatoms. The molecule has 0 spiro atoms. The van der Waals surface area contributed by atoms with E-state index in [0.29, 0.717) is 34.5 Å². The van der Waals surface area contributed by atoms with Crippen LogP contribution in [0.5, 0.6) is 0 Å². The van der Waals surface area contributed by atoms with Crippen LogP contribution in [0, 0.1) is 6.92 Å². The smallest absolute Gasteiger partial charge is 0.230 e. The highest BCUT2D eigenvalue weighted by molar-refractivity contribution is 8.13. The maximum Gasteiger partial charge on any atom is 0.230 e. The van der Waals surface area contributed by atoms with Gasteiger partial charge >= 0.3 is 0 Å². The summed E-state index contributed by atoms with van der Waals surface area (Å²) in [5.41, 5.74) is 6.73. The maximum atomic E-state index is 14.5. The Morgan fingerprint density at radius 2 is 2.16 bits per heavy atom. The number of amidine groups is 1. The first kappa shape index (κ1) is 22.6. The number of hydrogen-bond donors (Lipinski definition) is 2. The maximum absolute atomic E-state index is 14.5. The number of nitrogens with one attached hydrogen (secondary N) is 1. The minimum absolute atomic E-state index is 0.0362. The van der Waals surface area contributed by atoms with Gasteiger partial charge in [-0.3, -0.25) is 9.79 Å². The molecule has 0 aliphatic carbocycles. The summed E-state index contributed by atoms with van der Waals surface area (Å²) in [6, 6.07) is 9.47. The van der Waals surface area contributed by atoms with E-state index in [0.717, 1.165) is 17.4 Å². The zero-order valence-electron chi connectivity index (χ0n) is 17.5. The number of amides is 1. The van der Waals surface area contributed by atoms with Crippen molar-refractivity contribution in [2.24, 2.45) is 10.7 Å². The van der Waals surface area contributed by atoms with Crippen LogP contribution in [-0.2, 0) is 11.2 Å². The number of carbonyl (C=O) groups is 1. The van der Waals surface area contributed by atoms with E-state index >= 15 is 0 Å². The van der Waals surface area contributed by atoms with Crippen LogP contribution in [0.3, 0.4) is 0 Å². The molecule has 0 fully saturated rings. The van der Waals surface area contributed by atoms with Gasteiger partial charge in [0, 0.05) is 23.1 Å². The number of aliphatic imine (C=N–C) groups is 1. The first-order chi connectivity index (χ1) is 14.8. The highest BCUT2D eigenvalue weighted by atomic mass is 32.2. The van der Waals surface area contributed by atoms with Crippen LogP contribution in [0.4, 0.5) is 4.39 Å². The van der Waals surface area contributed by atoms with Crippen LogP contribution in [0.25, 0.3) is 11.5 Å². The third kappa shape index (κ3) is 5.52. The average molecular weight is 441 g/mol. The quantitative estimate of drug-likeness (QED) is 0.621. The normalized spacial score (nSPS) is 19.6. The molecule has 0 bridgehead atoms. The molecule has 6 nitrogen and oxygen atoms in total. The number of aromatic nitrogens is 1. The Labute approximate surface area is 185 Å². The van der Waals surface area contributed by atoms with Crippen LogP contribution in [0.15, 0.2) is 76.1 Å². The van der Waals surface area contributed by atoms with E-state index in [1.807, 2.05) is 37.3 Å². The zero-order valence-corrected chi connectivity index (χ0v) is 18.3. The van der Waals surface area contributed by atoms with Crippen LogP contribution < -0.4 is 11.1 Å². The van der Waals surface area contributed by atoms with Gasteiger partial charge in [0.15, 0.2) is 5.17 Å². The predicted molar refractivity (Wildman–Crippen MR) is 123 cm³/mol. The molecule has 1 aliphatic rings. The van der Waals surface area contributed by atoms with Gasteiger partial charge in [0.2, 0.25) is 11.8 Å². The van der Waals surface area contributed by atoms with E-state index in [1.165, 1.54) is 24.0 Å². The molecule has 1 aromatic heterocycles. The van der Waals surface area contributed by atoms with Crippen molar-refractivity contribution >= 4 is 22.8 Å². The number of allylic oxidation sites excluding steroid dienone is 2. The third-order valence-corrected chi connectivity index (χ3v) is 5.74. The fourth-order valence-electron chi connectivity index (χ4n) is 3.22. The van der Waals surface area contributed by atoms with Crippen molar-refractivity contribution in [1.29, 1.82) is 0 Å². The lowest BCUT2D eigenvalue weighted by molar-refractivity contribution is -0.119. The summed E-state index contributed by atoms with van der Waals surface area (Å²) >= 11 is 1.44. The van der Waals surface area contributed by atoms with Gasteiger partial charge in [0.05, 0.1) is 17.7 Å². The Kier molecular flexibility index (Phi) is 7.12. The molecule has 0 saturated heterocycles. The first-order valence-electron chi connectivity index (χ1n) is 9.81. The molecule has 1 aliphatic heterocycles. The summed E-state index contributed by atoms with van der Waals surface area (Å²) in [6.07, 6.45) is 4.70. The van der Waals surface area contributed by atoms with Crippen molar-refractivity contribution in [3.05, 3.63) is 78.1 Å². The lowest BCUT2D eigenvalue weighted by Gasteiger charge is -2.30. The van der Waals surface area contributed by atoms with Crippen LogP contribution >= 0.6 is 11.8 Å². The Bertz CT molecular complexity index is 1060. The predicted octanol–water partition coefficient (Wildman–Crippen LogP) is 4.44. The molecule has 3 N–H and O–H groups in total. The van der Waals surface area contributed by atoms with Crippen molar-refractivity contribution in [2.75, 3.05) is 5.75 Å². The van der Waals surface area contributed by atoms with E-state index in [-0.39, 0.29) is 12.3 Å². The van der Waals surface area contributed by atoms with Crippen LogP contribution in [-0.4, -0.2) is 27.4 Å². The zero-order chi connectivity index (χ0) is 22.4. The molecule has 2 aromatic rings. The molecule has 1 atom stereocenters. The van der Waals surface area contributed by atoms with E-state index < -0.39 is 11.4 Å². The van der Waals surface area contributed by atoms with Crippen molar-refractivity contribution in [3.8, 4) is 11.5 Å². The molecule has 3 rings (SSSR count). The highest BCUT2D eigenvalue weighted by Gasteiger charge is 2.32. The summed E-state index contributed by atoms with van der Waals surface area (Å²) in [7, 11) is 0. The molecule has 162 valence electrons. The number of carbonyl (C=O) groups excluding carboxylic acids is 1. The average Bonchev–Trinajstić information content (AvgIpc) is 3.11. The second-order valence-corrected chi connectivity index (χ2v) is 8.37. The second-order valence-electron chi connectivity index (χ2n) is 7.25. The molecule has 0 radical (unpaired) electrons. The van der Waals surface area contributed by atoms with Gasteiger partial charge in [-0.25, -0.2) is 9.37 Å². The van der Waals surface area contributed by atoms with E-state index in [9.17, 15) is 9.18 Å². The number of thioether (sulfide) groups is 1. The molecule has 1 amide bonds. The number of nitrogens with two attached hydrogens (primary N) is 1. The van der Waals surface area contributed by atoms with Crippen molar-refractivity contribution in [3.63, 3.8) is 0 Å². The van der Waals surface area contributed by atoms with Crippen LogP contribution in [0.1, 0.15) is 24.8 Å². The van der Waals surface area contributed by atoms with E-state index in [4.69, 9.17) is 10.2 Å². The third-order valence-electron chi connectivity index (χ3n) is 4.95.